The van der Waals surface area contributed by atoms with E-state index >= 15 is 0 Å². The van der Waals surface area contributed by atoms with Gasteiger partial charge in [0.15, 0.2) is 10.8 Å². The van der Waals surface area contributed by atoms with Crippen LogP contribution in [0.5, 0.6) is 0 Å². The Morgan fingerprint density at radius 3 is 2.35 bits per heavy atom. The molecule has 5 N–H and O–H groups in total. The molecule has 0 aliphatic heterocycles. The first-order valence-electron chi connectivity index (χ1n) is 4.95. The Labute approximate surface area is 104 Å². The predicted octanol–water partition coefficient (Wildman–Crippen LogP) is 0.656. The normalized spacial score (nSPS) is 26.4. The summed E-state index contributed by atoms with van der Waals surface area (Å²) >= 11 is 4.63. The molecule has 0 aromatic rings. The first kappa shape index (κ1) is 13.4. The maximum Gasteiger partial charge on any atom is 0.184 e. The molecule has 1 aliphatic carbocycles. The molecule has 0 bridgehead atoms. The van der Waals surface area contributed by atoms with Gasteiger partial charge in [-0.15, -0.1) is 0 Å². The minimum atomic E-state index is -0.146. The molecule has 0 aromatic heterocycles. The summed E-state index contributed by atoms with van der Waals surface area (Å²) < 4.78 is 0. The van der Waals surface area contributed by atoms with E-state index in [-0.39, 0.29) is 22.0 Å². The molecule has 7 nitrogen and oxygen atoms in total. The van der Waals surface area contributed by atoms with Crippen LogP contribution in [0.2, 0.25) is 0 Å². The minimum Gasteiger partial charge on any atom is -0.411 e. The quantitative estimate of drug-likeness (QED) is 0.313. The number of nitrogens with zero attached hydrogens (tertiary/aromatic N) is 3. The van der Waals surface area contributed by atoms with E-state index in [4.69, 9.17) is 16.1 Å². The van der Waals surface area contributed by atoms with E-state index in [1.165, 1.54) is 0 Å². The average Bonchev–Trinajstić information content (AvgIpc) is 2.24. The van der Waals surface area contributed by atoms with Crippen molar-refractivity contribution in [3.63, 3.8) is 0 Å². The Morgan fingerprint density at radius 2 is 1.88 bits per heavy atom. The number of nitrogens with one attached hydrogen (secondary N) is 1. The number of hydrogen-bond donors (Lipinski definition) is 4. The molecule has 0 aromatic carbocycles. The van der Waals surface area contributed by atoms with Crippen LogP contribution in [0, 0.1) is 5.41 Å². The zero-order valence-corrected chi connectivity index (χ0v) is 10.5. The highest BCUT2D eigenvalue weighted by atomic mass is 32.1. The number of hydrazone groups is 1. The van der Waals surface area contributed by atoms with Crippen LogP contribution in [0.1, 0.15) is 26.7 Å². The molecule has 1 saturated carbocycles. The first-order valence-corrected chi connectivity index (χ1v) is 5.36. The van der Waals surface area contributed by atoms with E-state index in [1.807, 2.05) is 13.8 Å². The highest BCUT2D eigenvalue weighted by Crippen LogP contribution is 2.31. The number of nitrogens with two attached hydrogens (primary N) is 1. The van der Waals surface area contributed by atoms with Gasteiger partial charge < -0.3 is 16.1 Å². The molecule has 0 unspecified atom stereocenters. The van der Waals surface area contributed by atoms with Crippen LogP contribution in [0.25, 0.3) is 0 Å². The molecule has 0 heterocycles. The Balaban J connectivity index is 3.08. The molecule has 1 fully saturated rings. The highest BCUT2D eigenvalue weighted by Gasteiger charge is 2.35. The third-order valence-electron chi connectivity index (χ3n) is 2.36. The van der Waals surface area contributed by atoms with E-state index in [9.17, 15) is 0 Å². The molecule has 94 valence electrons. The van der Waals surface area contributed by atoms with Crippen molar-refractivity contribution in [1.29, 1.82) is 0 Å². The van der Waals surface area contributed by atoms with E-state index in [0.717, 1.165) is 0 Å². The lowest BCUT2D eigenvalue weighted by Gasteiger charge is -2.30. The topological polar surface area (TPSA) is 116 Å². The SMILES string of the molecule is CC1(C)CC(=NO)C(=NO)C(=NNC(N)=S)C1. The molecule has 0 spiro atoms. The van der Waals surface area contributed by atoms with Crippen LogP contribution >= 0.6 is 12.2 Å². The minimum absolute atomic E-state index is 0.0145. The molecule has 1 rings (SSSR count). The van der Waals surface area contributed by atoms with Crippen molar-refractivity contribution < 1.29 is 10.4 Å². The van der Waals surface area contributed by atoms with Gasteiger partial charge in [-0.1, -0.05) is 24.2 Å². The van der Waals surface area contributed by atoms with Gasteiger partial charge in [0.2, 0.25) is 0 Å². The summed E-state index contributed by atoms with van der Waals surface area (Å²) in [5.41, 5.74) is 8.43. The summed E-state index contributed by atoms with van der Waals surface area (Å²) in [6, 6.07) is 0. The van der Waals surface area contributed by atoms with Gasteiger partial charge in [0, 0.05) is 6.42 Å². The van der Waals surface area contributed by atoms with Gasteiger partial charge in [0.05, 0.1) is 5.71 Å². The largest absolute Gasteiger partial charge is 0.411 e. The summed E-state index contributed by atoms with van der Waals surface area (Å²) in [6.07, 6.45) is 1.05. The van der Waals surface area contributed by atoms with Crippen LogP contribution in [0.4, 0.5) is 0 Å². The highest BCUT2D eigenvalue weighted by molar-refractivity contribution is 7.80. The fourth-order valence-electron chi connectivity index (χ4n) is 1.72. The van der Waals surface area contributed by atoms with Gasteiger partial charge in [0.1, 0.15) is 5.71 Å². The standard InChI is InChI=1S/C9H15N5O2S/c1-9(2)3-5(11-12-8(10)17)7(14-16)6(4-9)13-15/h15-16H,3-4H2,1-2H3,(H3,10,12,17). The van der Waals surface area contributed by atoms with Crippen LogP contribution in [0.15, 0.2) is 15.4 Å². The van der Waals surface area contributed by atoms with Gasteiger partial charge in [0.25, 0.3) is 0 Å². The van der Waals surface area contributed by atoms with Gasteiger partial charge in [-0.2, -0.15) is 5.10 Å². The summed E-state index contributed by atoms with van der Waals surface area (Å²) in [5.74, 6) is 0. The molecular formula is C9H15N5O2S. The second kappa shape index (κ2) is 5.09. The molecule has 0 amide bonds. The van der Waals surface area contributed by atoms with Gasteiger partial charge >= 0.3 is 0 Å². The van der Waals surface area contributed by atoms with E-state index in [0.29, 0.717) is 18.6 Å². The van der Waals surface area contributed by atoms with Crippen molar-refractivity contribution >= 4 is 34.5 Å². The Kier molecular flexibility index (Phi) is 4.00. The van der Waals surface area contributed by atoms with Crippen LogP contribution < -0.4 is 11.2 Å². The van der Waals surface area contributed by atoms with Crippen LogP contribution in [-0.2, 0) is 0 Å². The number of oxime groups is 2. The average molecular weight is 257 g/mol. The lowest BCUT2D eigenvalue weighted by atomic mass is 9.74. The lowest BCUT2D eigenvalue weighted by Crippen LogP contribution is -2.40. The van der Waals surface area contributed by atoms with Crippen LogP contribution in [-0.4, -0.2) is 32.7 Å². The molecule has 0 saturated heterocycles. The smallest absolute Gasteiger partial charge is 0.184 e. The molecule has 0 atom stereocenters. The van der Waals surface area contributed by atoms with E-state index < -0.39 is 0 Å². The summed E-state index contributed by atoms with van der Waals surface area (Å²) in [6.45, 7) is 3.98. The second-order valence-electron chi connectivity index (χ2n) is 4.55. The maximum absolute atomic E-state index is 8.92. The van der Waals surface area contributed by atoms with Crippen molar-refractivity contribution in [2.24, 2.45) is 26.6 Å². The molecule has 8 heteroatoms. The summed E-state index contributed by atoms with van der Waals surface area (Å²) in [4.78, 5) is 0. The zero-order valence-electron chi connectivity index (χ0n) is 9.64. The fourth-order valence-corrected chi connectivity index (χ4v) is 1.76. The van der Waals surface area contributed by atoms with E-state index in [1.54, 1.807) is 0 Å². The van der Waals surface area contributed by atoms with Gasteiger partial charge in [-0.3, -0.25) is 5.43 Å². The number of rotatable bonds is 1. The monoisotopic (exact) mass is 257 g/mol. The van der Waals surface area contributed by atoms with Crippen molar-refractivity contribution in [3.05, 3.63) is 0 Å². The van der Waals surface area contributed by atoms with Crippen LogP contribution in [0.3, 0.4) is 0 Å². The number of thiocarbonyl (C=S) groups is 1. The summed E-state index contributed by atoms with van der Waals surface area (Å²) in [7, 11) is 0. The van der Waals surface area contributed by atoms with Crippen molar-refractivity contribution in [1.82, 2.24) is 5.43 Å². The molecular weight excluding hydrogens is 242 g/mol. The predicted molar refractivity (Wildman–Crippen MR) is 68.8 cm³/mol. The fraction of sp³-hybridized carbons (Fsp3) is 0.556. The molecule has 17 heavy (non-hydrogen) atoms. The molecule has 0 radical (unpaired) electrons. The Morgan fingerprint density at radius 1 is 1.29 bits per heavy atom. The maximum atomic E-state index is 8.92. The van der Waals surface area contributed by atoms with E-state index in [2.05, 4.69) is 33.1 Å². The Hall–Kier alpha value is -1.70. The Bertz CT molecular complexity index is 414. The van der Waals surface area contributed by atoms with Crippen molar-refractivity contribution in [2.45, 2.75) is 26.7 Å². The van der Waals surface area contributed by atoms with Gasteiger partial charge in [-0.25, -0.2) is 0 Å². The number of hydrogen-bond acceptors (Lipinski definition) is 6. The van der Waals surface area contributed by atoms with Gasteiger partial charge in [-0.05, 0) is 24.1 Å². The third kappa shape index (κ3) is 3.38. The summed E-state index contributed by atoms with van der Waals surface area (Å²) in [5, 5.41) is 28.0. The second-order valence-corrected chi connectivity index (χ2v) is 4.99. The lowest BCUT2D eigenvalue weighted by molar-refractivity contribution is 0.306. The first-order chi connectivity index (χ1) is 7.89. The third-order valence-corrected chi connectivity index (χ3v) is 2.45. The van der Waals surface area contributed by atoms with Crippen molar-refractivity contribution in [2.75, 3.05) is 0 Å². The molecule has 1 aliphatic rings. The zero-order chi connectivity index (χ0) is 13.1. The van der Waals surface area contributed by atoms with Crippen molar-refractivity contribution in [3.8, 4) is 0 Å².